The fraction of sp³-hybridized carbons (Fsp3) is 0.462. The molecule has 1 rings (SSSR count). The molecule has 104 valence electrons. The van der Waals surface area contributed by atoms with E-state index in [1.165, 1.54) is 12.1 Å². The molecule has 0 saturated carbocycles. The quantitative estimate of drug-likeness (QED) is 0.630. The van der Waals surface area contributed by atoms with E-state index in [4.69, 9.17) is 5.11 Å². The summed E-state index contributed by atoms with van der Waals surface area (Å²) in [7, 11) is 0. The highest BCUT2D eigenvalue weighted by atomic mass is 16.6. The van der Waals surface area contributed by atoms with Crippen molar-refractivity contribution in [2.75, 3.05) is 6.54 Å². The first-order valence-electron chi connectivity index (χ1n) is 5.92. The molecule has 2 N–H and O–H groups in total. The molecule has 0 aliphatic rings. The molecule has 0 saturated heterocycles. The number of carboxylic acids is 1. The van der Waals surface area contributed by atoms with Gasteiger partial charge in [0.2, 0.25) is 0 Å². The topological polar surface area (TPSA) is 92.5 Å². The van der Waals surface area contributed by atoms with Crippen molar-refractivity contribution in [3.8, 4) is 0 Å². The fourth-order valence-corrected chi connectivity index (χ4v) is 1.71. The zero-order valence-electron chi connectivity index (χ0n) is 11.3. The molecular formula is C13H18N2O4. The zero-order valence-corrected chi connectivity index (χ0v) is 11.3. The maximum absolute atomic E-state index is 11.2. The van der Waals surface area contributed by atoms with Crippen molar-refractivity contribution in [2.24, 2.45) is 5.41 Å². The van der Waals surface area contributed by atoms with Gasteiger partial charge in [-0.2, -0.15) is 0 Å². The van der Waals surface area contributed by atoms with Crippen LogP contribution in [-0.2, 0) is 6.54 Å². The molecule has 0 fully saturated rings. The second-order valence-corrected chi connectivity index (χ2v) is 5.54. The summed E-state index contributed by atoms with van der Waals surface area (Å²) < 4.78 is 0. The Morgan fingerprint density at radius 3 is 2.53 bits per heavy atom. The van der Waals surface area contributed by atoms with E-state index in [0.717, 1.165) is 0 Å². The Bertz CT molecular complexity index is 492. The lowest BCUT2D eigenvalue weighted by atomic mass is 9.96. The monoisotopic (exact) mass is 266 g/mol. The average molecular weight is 266 g/mol. The smallest absolute Gasteiger partial charge is 0.343 e. The summed E-state index contributed by atoms with van der Waals surface area (Å²) in [6, 6.07) is 4.29. The van der Waals surface area contributed by atoms with E-state index in [2.05, 4.69) is 5.32 Å². The molecule has 0 radical (unpaired) electrons. The second kappa shape index (κ2) is 5.79. The number of rotatable bonds is 5. The molecule has 0 spiro atoms. The Morgan fingerprint density at radius 1 is 1.42 bits per heavy atom. The Labute approximate surface area is 111 Å². The van der Waals surface area contributed by atoms with Gasteiger partial charge in [-0.05, 0) is 11.0 Å². The third-order valence-electron chi connectivity index (χ3n) is 2.51. The first-order valence-corrected chi connectivity index (χ1v) is 5.92. The van der Waals surface area contributed by atoms with Crippen molar-refractivity contribution in [3.05, 3.63) is 39.4 Å². The summed E-state index contributed by atoms with van der Waals surface area (Å²) in [5.74, 6) is -1.28. The maximum Gasteiger partial charge on any atom is 0.343 e. The van der Waals surface area contributed by atoms with Crippen LogP contribution in [0, 0.1) is 15.5 Å². The molecule has 0 aliphatic carbocycles. The Balaban J connectivity index is 2.98. The molecule has 0 aromatic heterocycles. The van der Waals surface area contributed by atoms with Gasteiger partial charge >= 0.3 is 5.97 Å². The molecule has 0 atom stereocenters. The van der Waals surface area contributed by atoms with Gasteiger partial charge < -0.3 is 10.4 Å². The highest BCUT2D eigenvalue weighted by Crippen LogP contribution is 2.22. The van der Waals surface area contributed by atoms with Crippen LogP contribution in [0.15, 0.2) is 18.2 Å². The molecule has 6 nitrogen and oxygen atoms in total. The van der Waals surface area contributed by atoms with Crippen molar-refractivity contribution in [2.45, 2.75) is 27.3 Å². The van der Waals surface area contributed by atoms with Gasteiger partial charge in [0.15, 0.2) is 0 Å². The van der Waals surface area contributed by atoms with Crippen molar-refractivity contribution in [3.63, 3.8) is 0 Å². The van der Waals surface area contributed by atoms with Crippen molar-refractivity contribution in [1.82, 2.24) is 5.32 Å². The van der Waals surface area contributed by atoms with Gasteiger partial charge in [-0.15, -0.1) is 0 Å². The van der Waals surface area contributed by atoms with E-state index in [1.807, 2.05) is 20.8 Å². The minimum Gasteiger partial charge on any atom is -0.477 e. The van der Waals surface area contributed by atoms with E-state index in [0.29, 0.717) is 18.7 Å². The number of hydrogen-bond donors (Lipinski definition) is 2. The molecule has 1 aromatic carbocycles. The molecule has 0 bridgehead atoms. The SMILES string of the molecule is CC(C)(C)CNCc1cccc([N+](=O)[O-])c1C(=O)O. The van der Waals surface area contributed by atoms with Gasteiger partial charge in [0.1, 0.15) is 5.56 Å². The average Bonchev–Trinajstić information content (AvgIpc) is 2.26. The fourth-order valence-electron chi connectivity index (χ4n) is 1.71. The molecule has 1 aromatic rings. The predicted octanol–water partition coefficient (Wildman–Crippen LogP) is 2.43. The van der Waals surface area contributed by atoms with Gasteiger partial charge in [0, 0.05) is 19.2 Å². The molecular weight excluding hydrogens is 248 g/mol. The lowest BCUT2D eigenvalue weighted by Gasteiger charge is -2.19. The van der Waals surface area contributed by atoms with Gasteiger partial charge in [0.25, 0.3) is 5.69 Å². The summed E-state index contributed by atoms with van der Waals surface area (Å²) >= 11 is 0. The highest BCUT2D eigenvalue weighted by Gasteiger charge is 2.23. The van der Waals surface area contributed by atoms with Gasteiger partial charge in [0.05, 0.1) is 4.92 Å². The Morgan fingerprint density at radius 2 is 2.05 bits per heavy atom. The van der Waals surface area contributed by atoms with Crippen molar-refractivity contribution >= 4 is 11.7 Å². The summed E-state index contributed by atoms with van der Waals surface area (Å²) in [6.45, 7) is 7.12. The van der Waals surface area contributed by atoms with Crippen LogP contribution in [0.1, 0.15) is 36.7 Å². The number of nitrogens with zero attached hydrogens (tertiary/aromatic N) is 1. The summed E-state index contributed by atoms with van der Waals surface area (Å²) in [5.41, 5.74) is -0.133. The van der Waals surface area contributed by atoms with Crippen molar-refractivity contribution < 1.29 is 14.8 Å². The maximum atomic E-state index is 11.2. The normalized spacial score (nSPS) is 11.3. The van der Waals surface area contributed by atoms with Gasteiger partial charge in [-0.25, -0.2) is 4.79 Å². The van der Waals surface area contributed by atoms with Crippen molar-refractivity contribution in [1.29, 1.82) is 0 Å². The van der Waals surface area contributed by atoms with Crippen LogP contribution in [0.25, 0.3) is 0 Å². The largest absolute Gasteiger partial charge is 0.477 e. The van der Waals surface area contributed by atoms with E-state index in [9.17, 15) is 14.9 Å². The van der Waals surface area contributed by atoms with Crippen LogP contribution in [0.5, 0.6) is 0 Å². The van der Waals surface area contributed by atoms with E-state index in [1.54, 1.807) is 6.07 Å². The van der Waals surface area contributed by atoms with Gasteiger partial charge in [-0.3, -0.25) is 10.1 Å². The minimum atomic E-state index is -1.28. The molecule has 0 unspecified atom stereocenters. The third kappa shape index (κ3) is 4.33. The molecule has 0 amide bonds. The number of carbonyl (C=O) groups is 1. The second-order valence-electron chi connectivity index (χ2n) is 5.54. The highest BCUT2D eigenvalue weighted by molar-refractivity contribution is 5.94. The van der Waals surface area contributed by atoms with Crippen LogP contribution < -0.4 is 5.32 Å². The van der Waals surface area contributed by atoms with Crippen LogP contribution in [0.4, 0.5) is 5.69 Å². The van der Waals surface area contributed by atoms with E-state index < -0.39 is 10.9 Å². The van der Waals surface area contributed by atoms with Crippen LogP contribution >= 0.6 is 0 Å². The summed E-state index contributed by atoms with van der Waals surface area (Å²) in [6.07, 6.45) is 0. The molecule has 6 heteroatoms. The lowest BCUT2D eigenvalue weighted by Crippen LogP contribution is -2.27. The summed E-state index contributed by atoms with van der Waals surface area (Å²) in [5, 5.41) is 23.1. The summed E-state index contributed by atoms with van der Waals surface area (Å²) in [4.78, 5) is 21.3. The van der Waals surface area contributed by atoms with E-state index in [-0.39, 0.29) is 16.7 Å². The zero-order chi connectivity index (χ0) is 14.6. The predicted molar refractivity (Wildman–Crippen MR) is 71.2 cm³/mol. The van der Waals surface area contributed by atoms with Crippen LogP contribution in [0.2, 0.25) is 0 Å². The molecule has 0 aliphatic heterocycles. The lowest BCUT2D eigenvalue weighted by molar-refractivity contribution is -0.385. The first kappa shape index (κ1) is 15.1. The third-order valence-corrected chi connectivity index (χ3v) is 2.51. The Hall–Kier alpha value is -1.95. The Kier molecular flexibility index (Phi) is 4.61. The van der Waals surface area contributed by atoms with Crippen LogP contribution in [0.3, 0.4) is 0 Å². The number of nitro benzene ring substituents is 1. The minimum absolute atomic E-state index is 0.0596. The number of nitro groups is 1. The first-order chi connectivity index (χ1) is 8.72. The number of aromatic carboxylic acids is 1. The molecule has 0 heterocycles. The van der Waals surface area contributed by atoms with Gasteiger partial charge in [-0.1, -0.05) is 32.9 Å². The molecule has 19 heavy (non-hydrogen) atoms. The number of nitrogens with one attached hydrogen (secondary N) is 1. The van der Waals surface area contributed by atoms with Crippen LogP contribution in [-0.4, -0.2) is 22.5 Å². The standard InChI is InChI=1S/C13H18N2O4/c1-13(2,3)8-14-7-9-5-4-6-10(15(18)19)11(9)12(16)17/h4-6,14H,7-8H2,1-3H3,(H,16,17). The number of benzene rings is 1. The van der Waals surface area contributed by atoms with E-state index >= 15 is 0 Å². The number of hydrogen-bond acceptors (Lipinski definition) is 4. The number of carboxylic acid groups (broad SMARTS) is 1.